The molecule has 5 nitrogen and oxygen atoms in total. The molecule has 2 N–H and O–H groups in total. The maximum Gasteiger partial charge on any atom is 0.226 e. The average molecular weight is 482 g/mol. The van der Waals surface area contributed by atoms with E-state index in [0.29, 0.717) is 12.4 Å². The van der Waals surface area contributed by atoms with E-state index in [-0.39, 0.29) is 24.0 Å². The lowest BCUT2D eigenvalue weighted by molar-refractivity contribution is 0.572. The summed E-state index contributed by atoms with van der Waals surface area (Å²) >= 11 is 1.83. The molecule has 0 bridgehead atoms. The Hall–Kier alpha value is -1.87. The number of aryl methyl sites for hydroxylation is 1. The molecule has 0 radical (unpaired) electrons. The van der Waals surface area contributed by atoms with Crippen molar-refractivity contribution in [3.8, 4) is 11.5 Å². The van der Waals surface area contributed by atoms with Gasteiger partial charge in [0.05, 0.1) is 18.8 Å². The van der Waals surface area contributed by atoms with E-state index in [2.05, 4.69) is 39.7 Å². The van der Waals surface area contributed by atoms with Gasteiger partial charge >= 0.3 is 0 Å². The van der Waals surface area contributed by atoms with E-state index in [1.807, 2.05) is 41.7 Å². The van der Waals surface area contributed by atoms with Crippen LogP contribution in [0.4, 0.5) is 0 Å². The maximum absolute atomic E-state index is 5.55. The SMILES string of the molecule is CCc1ccc(CNC(=NC)NCc2coc(-c3ccccc3)n2)s1.I. The van der Waals surface area contributed by atoms with Gasteiger partial charge in [0.2, 0.25) is 5.89 Å². The number of rotatable bonds is 6. The van der Waals surface area contributed by atoms with Crippen molar-refractivity contribution < 1.29 is 4.42 Å². The number of hydrogen-bond donors (Lipinski definition) is 2. The summed E-state index contributed by atoms with van der Waals surface area (Å²) in [6, 6.07) is 14.2. The van der Waals surface area contributed by atoms with E-state index >= 15 is 0 Å². The van der Waals surface area contributed by atoms with E-state index in [0.717, 1.165) is 30.2 Å². The first kappa shape index (κ1) is 20.4. The third-order valence-electron chi connectivity index (χ3n) is 3.73. The summed E-state index contributed by atoms with van der Waals surface area (Å²) in [5.41, 5.74) is 1.81. The number of aromatic nitrogens is 1. The molecule has 2 heterocycles. The molecule has 0 fully saturated rings. The molecule has 0 spiro atoms. The monoisotopic (exact) mass is 482 g/mol. The molecule has 0 amide bonds. The Labute approximate surface area is 175 Å². The van der Waals surface area contributed by atoms with Crippen molar-refractivity contribution in [2.75, 3.05) is 7.05 Å². The van der Waals surface area contributed by atoms with E-state index in [1.54, 1.807) is 13.3 Å². The molecule has 0 unspecified atom stereocenters. The Balaban J connectivity index is 0.00000243. The summed E-state index contributed by atoms with van der Waals surface area (Å²) < 4.78 is 5.55. The Morgan fingerprint density at radius 3 is 2.50 bits per heavy atom. The number of benzene rings is 1. The number of guanidine groups is 1. The van der Waals surface area contributed by atoms with Crippen molar-refractivity contribution in [1.82, 2.24) is 15.6 Å². The zero-order valence-electron chi connectivity index (χ0n) is 14.9. The molecule has 0 aliphatic rings. The molecular weight excluding hydrogens is 459 g/mol. The smallest absolute Gasteiger partial charge is 0.226 e. The molecular formula is C19H23IN4OS. The van der Waals surface area contributed by atoms with Crippen LogP contribution in [0.15, 0.2) is 58.1 Å². The number of halogens is 1. The molecule has 138 valence electrons. The van der Waals surface area contributed by atoms with Crippen LogP contribution in [0.3, 0.4) is 0 Å². The van der Waals surface area contributed by atoms with E-state index < -0.39 is 0 Å². The number of nitrogens with one attached hydrogen (secondary N) is 2. The average Bonchev–Trinajstić information content (AvgIpc) is 3.32. The van der Waals surface area contributed by atoms with Crippen LogP contribution in [0, 0.1) is 0 Å². The summed E-state index contributed by atoms with van der Waals surface area (Å²) in [5, 5.41) is 6.59. The molecule has 3 aromatic rings. The quantitative estimate of drug-likeness (QED) is 0.310. The van der Waals surface area contributed by atoms with E-state index in [1.165, 1.54) is 9.75 Å². The van der Waals surface area contributed by atoms with Gasteiger partial charge in [-0.3, -0.25) is 4.99 Å². The normalized spacial score (nSPS) is 11.1. The fourth-order valence-electron chi connectivity index (χ4n) is 2.37. The van der Waals surface area contributed by atoms with Crippen LogP contribution in [0.25, 0.3) is 11.5 Å². The van der Waals surface area contributed by atoms with Gasteiger partial charge < -0.3 is 15.1 Å². The Kier molecular flexibility index (Phi) is 8.11. The number of hydrogen-bond acceptors (Lipinski definition) is 4. The van der Waals surface area contributed by atoms with Crippen LogP contribution in [0.1, 0.15) is 22.4 Å². The minimum atomic E-state index is 0. The standard InChI is InChI=1S/C19H22N4OS.HI/c1-3-16-9-10-17(25-16)12-22-19(20-2)21-11-15-13-24-18(23-15)14-7-5-4-6-8-14;/h4-10,13H,3,11-12H2,1-2H3,(H2,20,21,22);1H. The van der Waals surface area contributed by atoms with Gasteiger partial charge in [0.15, 0.2) is 5.96 Å². The maximum atomic E-state index is 5.55. The topological polar surface area (TPSA) is 62.5 Å². The van der Waals surface area contributed by atoms with Crippen LogP contribution in [-0.4, -0.2) is 18.0 Å². The summed E-state index contributed by atoms with van der Waals surface area (Å²) in [4.78, 5) is 11.5. The Morgan fingerprint density at radius 2 is 1.81 bits per heavy atom. The summed E-state index contributed by atoms with van der Waals surface area (Å²) in [7, 11) is 1.76. The van der Waals surface area contributed by atoms with Gasteiger partial charge in [-0.05, 0) is 30.7 Å². The number of thiophene rings is 1. The van der Waals surface area contributed by atoms with E-state index in [9.17, 15) is 0 Å². The molecule has 0 saturated heterocycles. The summed E-state index contributed by atoms with van der Waals surface area (Å²) in [5.74, 6) is 1.38. The van der Waals surface area contributed by atoms with Crippen molar-refractivity contribution in [1.29, 1.82) is 0 Å². The van der Waals surface area contributed by atoms with Crippen molar-refractivity contribution in [3.63, 3.8) is 0 Å². The fourth-order valence-corrected chi connectivity index (χ4v) is 3.27. The summed E-state index contributed by atoms with van der Waals surface area (Å²) in [6.45, 7) is 3.49. The first-order valence-electron chi connectivity index (χ1n) is 8.30. The number of oxazole rings is 1. The molecule has 1 aromatic carbocycles. The highest BCUT2D eigenvalue weighted by molar-refractivity contribution is 14.0. The van der Waals surface area contributed by atoms with Gasteiger partial charge in [0, 0.05) is 22.4 Å². The predicted molar refractivity (Wildman–Crippen MR) is 118 cm³/mol. The highest BCUT2D eigenvalue weighted by Gasteiger charge is 2.07. The molecule has 26 heavy (non-hydrogen) atoms. The highest BCUT2D eigenvalue weighted by atomic mass is 127. The van der Waals surface area contributed by atoms with Gasteiger partial charge in [-0.15, -0.1) is 35.3 Å². The molecule has 3 rings (SSSR count). The van der Waals surface area contributed by atoms with Gasteiger partial charge in [-0.25, -0.2) is 4.98 Å². The summed E-state index contributed by atoms with van der Waals surface area (Å²) in [6.07, 6.45) is 2.75. The zero-order chi connectivity index (χ0) is 17.5. The lowest BCUT2D eigenvalue weighted by Crippen LogP contribution is -2.36. The fraction of sp³-hybridized carbons (Fsp3) is 0.263. The van der Waals surface area contributed by atoms with Gasteiger partial charge in [0.25, 0.3) is 0 Å². The van der Waals surface area contributed by atoms with Crippen LogP contribution in [0.5, 0.6) is 0 Å². The van der Waals surface area contributed by atoms with Crippen molar-refractivity contribution in [2.24, 2.45) is 4.99 Å². The van der Waals surface area contributed by atoms with Crippen LogP contribution in [-0.2, 0) is 19.5 Å². The first-order chi connectivity index (χ1) is 12.3. The predicted octanol–water partition coefficient (Wildman–Crippen LogP) is 4.45. The van der Waals surface area contributed by atoms with Crippen LogP contribution >= 0.6 is 35.3 Å². The van der Waals surface area contributed by atoms with Crippen molar-refractivity contribution in [3.05, 3.63) is 64.2 Å². The third kappa shape index (κ3) is 5.57. The minimum Gasteiger partial charge on any atom is -0.444 e. The second-order valence-corrected chi connectivity index (χ2v) is 6.76. The molecule has 7 heteroatoms. The van der Waals surface area contributed by atoms with Gasteiger partial charge in [0.1, 0.15) is 6.26 Å². The minimum absolute atomic E-state index is 0. The molecule has 2 aromatic heterocycles. The largest absolute Gasteiger partial charge is 0.444 e. The third-order valence-corrected chi connectivity index (χ3v) is 4.96. The van der Waals surface area contributed by atoms with E-state index in [4.69, 9.17) is 4.42 Å². The van der Waals surface area contributed by atoms with Gasteiger partial charge in [-0.2, -0.15) is 0 Å². The lowest BCUT2D eigenvalue weighted by Gasteiger charge is -2.09. The van der Waals surface area contributed by atoms with Crippen molar-refractivity contribution >= 4 is 41.3 Å². The lowest BCUT2D eigenvalue weighted by atomic mass is 10.2. The second-order valence-electron chi connectivity index (χ2n) is 5.51. The van der Waals surface area contributed by atoms with Crippen LogP contribution in [0.2, 0.25) is 0 Å². The second kappa shape index (κ2) is 10.3. The molecule has 0 aliphatic heterocycles. The number of nitrogens with zero attached hydrogens (tertiary/aromatic N) is 2. The highest BCUT2D eigenvalue weighted by Crippen LogP contribution is 2.18. The Morgan fingerprint density at radius 1 is 1.08 bits per heavy atom. The molecule has 0 saturated carbocycles. The zero-order valence-corrected chi connectivity index (χ0v) is 18.0. The van der Waals surface area contributed by atoms with Crippen LogP contribution < -0.4 is 10.6 Å². The Bertz CT molecular complexity index is 829. The molecule has 0 aliphatic carbocycles. The van der Waals surface area contributed by atoms with Gasteiger partial charge in [-0.1, -0.05) is 25.1 Å². The molecule has 0 atom stereocenters. The first-order valence-corrected chi connectivity index (χ1v) is 9.12. The number of aliphatic imine (C=N–C) groups is 1. The van der Waals surface area contributed by atoms with Crippen molar-refractivity contribution in [2.45, 2.75) is 26.4 Å².